The van der Waals surface area contributed by atoms with Crippen LogP contribution in [-0.4, -0.2) is 22.0 Å². The van der Waals surface area contributed by atoms with Gasteiger partial charge in [-0.25, -0.2) is 4.68 Å². The van der Waals surface area contributed by atoms with E-state index in [1.807, 2.05) is 14.0 Å². The monoisotopic (exact) mass is 240 g/mol. The fraction of sp³-hybridized carbons (Fsp3) is 0.769. The van der Waals surface area contributed by atoms with Crippen molar-refractivity contribution in [3.63, 3.8) is 0 Å². The Bertz CT molecular complexity index is 347. The largest absolute Gasteiger partial charge is 0.481 e. The molecule has 4 heteroatoms. The normalized spacial score (nSPS) is 12.8. The van der Waals surface area contributed by atoms with Crippen LogP contribution in [0.5, 0.6) is 5.88 Å². The number of ether oxygens (including phenoxy) is 1. The van der Waals surface area contributed by atoms with Gasteiger partial charge >= 0.3 is 0 Å². The molecule has 0 saturated carbocycles. The summed E-state index contributed by atoms with van der Waals surface area (Å²) in [4.78, 5) is 0. The Hall–Kier alpha value is -1.03. The van der Waals surface area contributed by atoms with Gasteiger partial charge in [0.2, 0.25) is 5.88 Å². The van der Waals surface area contributed by atoms with E-state index in [0.29, 0.717) is 5.88 Å². The Balaban J connectivity index is 2.64. The van der Waals surface area contributed by atoms with Crippen LogP contribution in [0.2, 0.25) is 0 Å². The van der Waals surface area contributed by atoms with Crippen LogP contribution >= 0.6 is 0 Å². The molecule has 0 aromatic carbocycles. The molecule has 1 aromatic heterocycles. The minimum Gasteiger partial charge on any atom is -0.481 e. The number of unbranched alkanes of at least 4 members (excludes halogenated alkanes) is 3. The van der Waals surface area contributed by atoms with Crippen LogP contribution in [0.25, 0.3) is 0 Å². The minimum atomic E-state index is -0.462. The van der Waals surface area contributed by atoms with Gasteiger partial charge in [0, 0.05) is 7.05 Å². The van der Waals surface area contributed by atoms with Gasteiger partial charge in [0.15, 0.2) is 0 Å². The first-order valence-corrected chi connectivity index (χ1v) is 6.37. The van der Waals surface area contributed by atoms with Crippen LogP contribution in [0, 0.1) is 6.92 Å². The van der Waals surface area contributed by atoms with Crippen molar-refractivity contribution in [1.29, 1.82) is 0 Å². The SMILES string of the molecule is CCCCCCC(O)c1c(C)nn(C)c1OC. The molecular formula is C13H24N2O2. The zero-order valence-corrected chi connectivity index (χ0v) is 11.4. The molecule has 0 fully saturated rings. The summed E-state index contributed by atoms with van der Waals surface area (Å²) in [6.45, 7) is 4.10. The van der Waals surface area contributed by atoms with E-state index in [2.05, 4.69) is 12.0 Å². The van der Waals surface area contributed by atoms with Crippen molar-refractivity contribution >= 4 is 0 Å². The molecule has 1 rings (SSSR count). The summed E-state index contributed by atoms with van der Waals surface area (Å²) in [6, 6.07) is 0. The van der Waals surface area contributed by atoms with Crippen LogP contribution in [0.4, 0.5) is 0 Å². The Labute approximate surface area is 104 Å². The summed E-state index contributed by atoms with van der Waals surface area (Å²) in [7, 11) is 3.45. The smallest absolute Gasteiger partial charge is 0.217 e. The third-order valence-electron chi connectivity index (χ3n) is 3.07. The number of aliphatic hydroxyl groups is 1. The fourth-order valence-electron chi connectivity index (χ4n) is 2.19. The van der Waals surface area contributed by atoms with E-state index in [1.54, 1.807) is 11.8 Å². The molecule has 4 nitrogen and oxygen atoms in total. The van der Waals surface area contributed by atoms with Crippen molar-refractivity contribution in [3.8, 4) is 5.88 Å². The van der Waals surface area contributed by atoms with Crippen molar-refractivity contribution in [2.75, 3.05) is 7.11 Å². The quantitative estimate of drug-likeness (QED) is 0.745. The van der Waals surface area contributed by atoms with E-state index >= 15 is 0 Å². The maximum absolute atomic E-state index is 10.2. The average molecular weight is 240 g/mol. The molecule has 0 aliphatic heterocycles. The Morgan fingerprint density at radius 2 is 2.06 bits per heavy atom. The lowest BCUT2D eigenvalue weighted by atomic mass is 10.0. The zero-order valence-electron chi connectivity index (χ0n) is 11.4. The Morgan fingerprint density at radius 1 is 1.35 bits per heavy atom. The number of methoxy groups -OCH3 is 1. The second kappa shape index (κ2) is 6.64. The molecular weight excluding hydrogens is 216 g/mol. The summed E-state index contributed by atoms with van der Waals surface area (Å²) in [5, 5.41) is 14.5. The van der Waals surface area contributed by atoms with Gasteiger partial charge in [-0.05, 0) is 13.3 Å². The van der Waals surface area contributed by atoms with E-state index in [1.165, 1.54) is 19.3 Å². The van der Waals surface area contributed by atoms with Gasteiger partial charge < -0.3 is 9.84 Å². The lowest BCUT2D eigenvalue weighted by Crippen LogP contribution is -2.02. The molecule has 0 aliphatic rings. The van der Waals surface area contributed by atoms with Gasteiger partial charge in [0.25, 0.3) is 0 Å². The second-order valence-corrected chi connectivity index (χ2v) is 4.50. The number of aromatic nitrogens is 2. The second-order valence-electron chi connectivity index (χ2n) is 4.50. The molecule has 98 valence electrons. The first-order chi connectivity index (χ1) is 8.11. The van der Waals surface area contributed by atoms with Crippen molar-refractivity contribution in [1.82, 2.24) is 9.78 Å². The first-order valence-electron chi connectivity index (χ1n) is 6.37. The molecule has 1 atom stereocenters. The van der Waals surface area contributed by atoms with Crippen LogP contribution in [0.15, 0.2) is 0 Å². The van der Waals surface area contributed by atoms with Crippen molar-refractivity contribution in [2.45, 2.75) is 52.1 Å². The van der Waals surface area contributed by atoms with Gasteiger partial charge in [0.05, 0.1) is 24.5 Å². The highest BCUT2D eigenvalue weighted by molar-refractivity contribution is 5.33. The van der Waals surface area contributed by atoms with Gasteiger partial charge in [-0.1, -0.05) is 32.6 Å². The number of nitrogens with zero attached hydrogens (tertiary/aromatic N) is 2. The third-order valence-corrected chi connectivity index (χ3v) is 3.07. The third kappa shape index (κ3) is 3.46. The molecule has 0 saturated heterocycles. The lowest BCUT2D eigenvalue weighted by molar-refractivity contribution is 0.158. The number of hydrogen-bond acceptors (Lipinski definition) is 3. The minimum absolute atomic E-state index is 0.462. The zero-order chi connectivity index (χ0) is 12.8. The molecule has 1 N–H and O–H groups in total. The summed E-state index contributed by atoms with van der Waals surface area (Å²) in [6.07, 6.45) is 4.99. The van der Waals surface area contributed by atoms with E-state index in [9.17, 15) is 5.11 Å². The first kappa shape index (κ1) is 14.0. The van der Waals surface area contributed by atoms with Crippen LogP contribution in [0.3, 0.4) is 0 Å². The molecule has 1 heterocycles. The van der Waals surface area contributed by atoms with Crippen LogP contribution in [0.1, 0.15) is 56.4 Å². The lowest BCUT2D eigenvalue weighted by Gasteiger charge is -2.12. The number of hydrogen-bond donors (Lipinski definition) is 1. The number of aliphatic hydroxyl groups excluding tert-OH is 1. The Kier molecular flexibility index (Phi) is 5.48. The molecule has 1 unspecified atom stereocenters. The Morgan fingerprint density at radius 3 is 2.65 bits per heavy atom. The molecule has 0 radical (unpaired) electrons. The van der Waals surface area contributed by atoms with E-state index in [-0.39, 0.29) is 0 Å². The maximum Gasteiger partial charge on any atom is 0.217 e. The number of rotatable bonds is 7. The van der Waals surface area contributed by atoms with Crippen molar-refractivity contribution in [2.24, 2.45) is 7.05 Å². The topological polar surface area (TPSA) is 47.3 Å². The standard InChI is InChI=1S/C13H24N2O2/c1-5-6-7-8-9-11(16)12-10(2)14-15(3)13(12)17-4/h11,16H,5-9H2,1-4H3. The van der Waals surface area contributed by atoms with E-state index in [4.69, 9.17) is 4.74 Å². The highest BCUT2D eigenvalue weighted by Gasteiger charge is 2.20. The molecule has 17 heavy (non-hydrogen) atoms. The van der Waals surface area contributed by atoms with Crippen LogP contribution in [-0.2, 0) is 7.05 Å². The predicted octanol–water partition coefficient (Wildman–Crippen LogP) is 2.74. The van der Waals surface area contributed by atoms with Gasteiger partial charge in [0.1, 0.15) is 0 Å². The van der Waals surface area contributed by atoms with Gasteiger partial charge in [-0.2, -0.15) is 5.10 Å². The summed E-state index contributed by atoms with van der Waals surface area (Å²) >= 11 is 0. The molecule has 0 bridgehead atoms. The van der Waals surface area contributed by atoms with Gasteiger partial charge in [-0.3, -0.25) is 0 Å². The fourth-order valence-corrected chi connectivity index (χ4v) is 2.19. The molecule has 0 aliphatic carbocycles. The number of aryl methyl sites for hydroxylation is 2. The molecule has 0 amide bonds. The average Bonchev–Trinajstić information content (AvgIpc) is 2.58. The molecule has 1 aromatic rings. The maximum atomic E-state index is 10.2. The highest BCUT2D eigenvalue weighted by Crippen LogP contribution is 2.30. The van der Waals surface area contributed by atoms with Crippen LogP contribution < -0.4 is 4.74 Å². The predicted molar refractivity (Wildman–Crippen MR) is 68.2 cm³/mol. The molecule has 0 spiro atoms. The van der Waals surface area contributed by atoms with Crippen molar-refractivity contribution in [3.05, 3.63) is 11.3 Å². The van der Waals surface area contributed by atoms with Crippen molar-refractivity contribution < 1.29 is 9.84 Å². The highest BCUT2D eigenvalue weighted by atomic mass is 16.5. The summed E-state index contributed by atoms with van der Waals surface area (Å²) < 4.78 is 6.97. The van der Waals surface area contributed by atoms with E-state index in [0.717, 1.165) is 24.1 Å². The summed E-state index contributed by atoms with van der Waals surface area (Å²) in [5.74, 6) is 0.672. The van der Waals surface area contributed by atoms with Gasteiger partial charge in [-0.15, -0.1) is 0 Å². The summed E-state index contributed by atoms with van der Waals surface area (Å²) in [5.41, 5.74) is 1.69. The van der Waals surface area contributed by atoms with E-state index < -0.39 is 6.10 Å².